The number of piperidine rings is 1. The number of amides is 2. The number of likely N-dealkylation sites (tertiary alicyclic amines) is 1. The van der Waals surface area contributed by atoms with Gasteiger partial charge in [0.1, 0.15) is 5.82 Å². The Morgan fingerprint density at radius 2 is 2.15 bits per heavy atom. The third-order valence-corrected chi connectivity index (χ3v) is 5.01. The zero-order valence-corrected chi connectivity index (χ0v) is 15.0. The molecule has 1 aromatic heterocycles. The predicted octanol–water partition coefficient (Wildman–Crippen LogP) is 2.91. The Morgan fingerprint density at radius 3 is 2.88 bits per heavy atom. The Morgan fingerprint density at radius 1 is 1.38 bits per heavy atom. The molecule has 1 saturated heterocycles. The first kappa shape index (κ1) is 18.2. The van der Waals surface area contributed by atoms with E-state index in [0.717, 1.165) is 16.5 Å². The van der Waals surface area contributed by atoms with E-state index in [4.69, 9.17) is 0 Å². The molecule has 2 atom stereocenters. The molecule has 0 aliphatic carbocycles. The Hall–Kier alpha value is -2.57. The average molecular weight is 361 g/mol. The third-order valence-electron chi connectivity index (χ3n) is 5.01. The lowest BCUT2D eigenvalue weighted by molar-refractivity contribution is -0.143. The average Bonchev–Trinajstić information content (AvgIpc) is 2.96. The van der Waals surface area contributed by atoms with Crippen LogP contribution in [0.15, 0.2) is 18.3 Å². The lowest BCUT2D eigenvalue weighted by Crippen LogP contribution is -2.49. The van der Waals surface area contributed by atoms with Crippen molar-refractivity contribution < 1.29 is 19.1 Å². The molecular weight excluding hydrogens is 337 g/mol. The van der Waals surface area contributed by atoms with E-state index in [9.17, 15) is 19.1 Å². The SMILES string of the molecule is Cc1cc2c(CCNC(=O)N3CC(C)CC(C(=O)O)C3)c[nH]c2cc1F. The summed E-state index contributed by atoms with van der Waals surface area (Å²) < 4.78 is 13.6. The van der Waals surface area contributed by atoms with E-state index in [1.165, 1.54) is 6.07 Å². The number of nitrogens with one attached hydrogen (secondary N) is 2. The van der Waals surface area contributed by atoms with Crippen LogP contribution in [0.2, 0.25) is 0 Å². The molecule has 2 unspecified atom stereocenters. The lowest BCUT2D eigenvalue weighted by Gasteiger charge is -2.34. The van der Waals surface area contributed by atoms with Crippen molar-refractivity contribution >= 4 is 22.9 Å². The topological polar surface area (TPSA) is 85.4 Å². The van der Waals surface area contributed by atoms with E-state index in [1.807, 2.05) is 19.2 Å². The summed E-state index contributed by atoms with van der Waals surface area (Å²) in [4.78, 5) is 28.2. The van der Waals surface area contributed by atoms with Gasteiger partial charge < -0.3 is 20.3 Å². The summed E-state index contributed by atoms with van der Waals surface area (Å²) in [5.74, 6) is -1.43. The van der Waals surface area contributed by atoms with Crippen LogP contribution in [-0.4, -0.2) is 46.6 Å². The van der Waals surface area contributed by atoms with Crippen molar-refractivity contribution in [3.05, 3.63) is 35.3 Å². The molecule has 1 fully saturated rings. The largest absolute Gasteiger partial charge is 0.481 e. The zero-order chi connectivity index (χ0) is 18.8. The van der Waals surface area contributed by atoms with Crippen molar-refractivity contribution in [2.24, 2.45) is 11.8 Å². The van der Waals surface area contributed by atoms with Crippen molar-refractivity contribution in [1.29, 1.82) is 0 Å². The highest BCUT2D eigenvalue weighted by Crippen LogP contribution is 2.23. The van der Waals surface area contributed by atoms with Crippen LogP contribution >= 0.6 is 0 Å². The number of carboxylic acid groups (broad SMARTS) is 1. The van der Waals surface area contributed by atoms with Crippen LogP contribution < -0.4 is 5.32 Å². The summed E-state index contributed by atoms with van der Waals surface area (Å²) in [6.45, 7) is 4.94. The van der Waals surface area contributed by atoms with Gasteiger partial charge in [-0.1, -0.05) is 6.92 Å². The van der Waals surface area contributed by atoms with Gasteiger partial charge >= 0.3 is 12.0 Å². The second-order valence-corrected chi connectivity index (χ2v) is 7.22. The fourth-order valence-electron chi connectivity index (χ4n) is 3.63. The number of aromatic nitrogens is 1. The van der Waals surface area contributed by atoms with Crippen LogP contribution in [0.1, 0.15) is 24.5 Å². The number of urea groups is 1. The molecular formula is C19H24FN3O3. The number of aliphatic carboxylic acids is 1. The van der Waals surface area contributed by atoms with Gasteiger partial charge in [-0.05, 0) is 48.9 Å². The van der Waals surface area contributed by atoms with Gasteiger partial charge in [-0.2, -0.15) is 0 Å². The summed E-state index contributed by atoms with van der Waals surface area (Å²) in [6, 6.07) is 3.06. The van der Waals surface area contributed by atoms with Crippen LogP contribution in [0, 0.1) is 24.6 Å². The Kier molecular flexibility index (Phi) is 5.15. The molecule has 1 aliphatic rings. The number of carbonyl (C=O) groups is 2. The number of benzene rings is 1. The Bertz CT molecular complexity index is 833. The number of aromatic amines is 1. The number of nitrogens with zero attached hydrogens (tertiary/aromatic N) is 1. The maximum atomic E-state index is 13.6. The normalized spacial score (nSPS) is 20.3. The fraction of sp³-hybridized carbons (Fsp3) is 0.474. The number of carboxylic acids is 1. The van der Waals surface area contributed by atoms with Crippen molar-refractivity contribution in [2.75, 3.05) is 19.6 Å². The van der Waals surface area contributed by atoms with Crippen molar-refractivity contribution in [3.8, 4) is 0 Å². The molecule has 140 valence electrons. The van der Waals surface area contributed by atoms with Crippen molar-refractivity contribution in [2.45, 2.75) is 26.7 Å². The number of fused-ring (bicyclic) bond motifs is 1. The molecule has 0 spiro atoms. The number of hydrogen-bond donors (Lipinski definition) is 3. The minimum Gasteiger partial charge on any atom is -0.481 e. The van der Waals surface area contributed by atoms with E-state index in [-0.39, 0.29) is 24.3 Å². The molecule has 6 nitrogen and oxygen atoms in total. The number of halogens is 1. The fourth-order valence-corrected chi connectivity index (χ4v) is 3.63. The molecule has 0 bridgehead atoms. The molecule has 3 N–H and O–H groups in total. The van der Waals surface area contributed by atoms with Crippen LogP contribution in [0.5, 0.6) is 0 Å². The van der Waals surface area contributed by atoms with Gasteiger partial charge in [0.15, 0.2) is 0 Å². The second kappa shape index (κ2) is 7.35. The summed E-state index contributed by atoms with van der Waals surface area (Å²) in [6.07, 6.45) is 3.05. The number of hydrogen-bond acceptors (Lipinski definition) is 2. The highest BCUT2D eigenvalue weighted by atomic mass is 19.1. The van der Waals surface area contributed by atoms with E-state index in [0.29, 0.717) is 31.5 Å². The third kappa shape index (κ3) is 3.81. The molecule has 2 heterocycles. The Labute approximate surface area is 151 Å². The quantitative estimate of drug-likeness (QED) is 0.783. The van der Waals surface area contributed by atoms with Crippen LogP contribution in [0.25, 0.3) is 10.9 Å². The number of rotatable bonds is 4. The highest BCUT2D eigenvalue weighted by molar-refractivity contribution is 5.84. The lowest BCUT2D eigenvalue weighted by atomic mass is 9.91. The Balaban J connectivity index is 1.58. The van der Waals surface area contributed by atoms with E-state index >= 15 is 0 Å². The minimum absolute atomic E-state index is 0.169. The number of aryl methyl sites for hydroxylation is 1. The molecule has 1 aromatic carbocycles. The molecule has 26 heavy (non-hydrogen) atoms. The van der Waals surface area contributed by atoms with E-state index in [2.05, 4.69) is 10.3 Å². The molecule has 0 radical (unpaired) electrons. The highest BCUT2D eigenvalue weighted by Gasteiger charge is 2.31. The van der Waals surface area contributed by atoms with Crippen LogP contribution in [0.4, 0.5) is 9.18 Å². The van der Waals surface area contributed by atoms with Crippen molar-refractivity contribution in [3.63, 3.8) is 0 Å². The molecule has 2 amide bonds. The zero-order valence-electron chi connectivity index (χ0n) is 15.0. The van der Waals surface area contributed by atoms with Gasteiger partial charge in [-0.15, -0.1) is 0 Å². The maximum absolute atomic E-state index is 13.6. The minimum atomic E-state index is -0.851. The molecule has 1 aliphatic heterocycles. The molecule has 0 saturated carbocycles. The summed E-state index contributed by atoms with van der Waals surface area (Å²) >= 11 is 0. The molecule has 7 heteroatoms. The number of carbonyl (C=O) groups excluding carboxylic acids is 1. The van der Waals surface area contributed by atoms with Crippen LogP contribution in [-0.2, 0) is 11.2 Å². The van der Waals surface area contributed by atoms with Gasteiger partial charge in [-0.25, -0.2) is 9.18 Å². The van der Waals surface area contributed by atoms with Gasteiger partial charge in [-0.3, -0.25) is 4.79 Å². The predicted molar refractivity (Wildman–Crippen MR) is 96.6 cm³/mol. The summed E-state index contributed by atoms with van der Waals surface area (Å²) in [5.41, 5.74) is 2.34. The van der Waals surface area contributed by atoms with Gasteiger partial charge in [0.05, 0.1) is 5.92 Å². The number of H-pyrrole nitrogens is 1. The summed E-state index contributed by atoms with van der Waals surface area (Å²) in [7, 11) is 0. The molecule has 2 aromatic rings. The smallest absolute Gasteiger partial charge is 0.317 e. The first-order chi connectivity index (χ1) is 12.3. The van der Waals surface area contributed by atoms with Crippen LogP contribution in [0.3, 0.4) is 0 Å². The molecule has 3 rings (SSSR count). The summed E-state index contributed by atoms with van der Waals surface area (Å²) in [5, 5.41) is 13.0. The van der Waals surface area contributed by atoms with Gasteiger partial charge in [0, 0.05) is 36.7 Å². The first-order valence-corrected chi connectivity index (χ1v) is 8.87. The van der Waals surface area contributed by atoms with E-state index in [1.54, 1.807) is 11.8 Å². The first-order valence-electron chi connectivity index (χ1n) is 8.87. The second-order valence-electron chi connectivity index (χ2n) is 7.22. The maximum Gasteiger partial charge on any atom is 0.317 e. The van der Waals surface area contributed by atoms with Crippen molar-refractivity contribution in [1.82, 2.24) is 15.2 Å². The van der Waals surface area contributed by atoms with Gasteiger partial charge in [0.2, 0.25) is 0 Å². The standard InChI is InChI=1S/C19H24FN3O3/c1-11-5-14(18(24)25)10-23(9-11)19(26)21-4-3-13-8-22-17-7-16(20)12(2)6-15(13)17/h6-8,11,14,22H,3-5,9-10H2,1-2H3,(H,21,26)(H,24,25). The monoisotopic (exact) mass is 361 g/mol. The van der Waals surface area contributed by atoms with Gasteiger partial charge in [0.25, 0.3) is 0 Å². The van der Waals surface area contributed by atoms with E-state index < -0.39 is 11.9 Å².